The molecule has 0 aliphatic heterocycles. The van der Waals surface area contributed by atoms with Gasteiger partial charge in [-0.1, -0.05) is 11.6 Å². The van der Waals surface area contributed by atoms with Crippen LogP contribution < -0.4 is 4.72 Å². The molecule has 0 radical (unpaired) electrons. The summed E-state index contributed by atoms with van der Waals surface area (Å²) in [5.41, 5.74) is 3.44. The zero-order valence-electron chi connectivity index (χ0n) is 14.0. The van der Waals surface area contributed by atoms with Gasteiger partial charge in [0.1, 0.15) is 0 Å². The topological polar surface area (TPSA) is 68.2 Å². The Hall–Kier alpha value is -2.31. The minimum Gasteiger partial charge on any atom is -0.348 e. The predicted octanol–water partition coefficient (Wildman–Crippen LogP) is 3.57. The second-order valence-corrected chi connectivity index (χ2v) is 8.01. The highest BCUT2D eigenvalue weighted by molar-refractivity contribution is 7.90. The van der Waals surface area contributed by atoms with Gasteiger partial charge in [-0.25, -0.2) is 13.1 Å². The quantitative estimate of drug-likeness (QED) is 0.759. The Morgan fingerprint density at radius 3 is 2.36 bits per heavy atom. The minimum absolute atomic E-state index is 0.0157. The summed E-state index contributed by atoms with van der Waals surface area (Å²) in [5, 5.41) is 1.35. The summed E-state index contributed by atoms with van der Waals surface area (Å²) in [5.74, 6) is -0.669. The van der Waals surface area contributed by atoms with Crippen LogP contribution in [0.5, 0.6) is 0 Å². The van der Waals surface area contributed by atoms with Crippen LogP contribution in [-0.4, -0.2) is 18.9 Å². The van der Waals surface area contributed by atoms with E-state index in [0.717, 1.165) is 22.2 Å². The number of hydrogen-bond acceptors (Lipinski definition) is 3. The smallest absolute Gasteiger partial charge is 0.265 e. The van der Waals surface area contributed by atoms with Gasteiger partial charge in [-0.05, 0) is 61.9 Å². The zero-order valence-corrected chi connectivity index (χ0v) is 15.6. The zero-order chi connectivity index (χ0) is 18.4. The first kappa shape index (κ1) is 17.5. The van der Waals surface area contributed by atoms with Gasteiger partial charge in [0.05, 0.1) is 4.90 Å². The summed E-state index contributed by atoms with van der Waals surface area (Å²) in [6.45, 7) is 3.98. The molecule has 1 amide bonds. The largest absolute Gasteiger partial charge is 0.348 e. The van der Waals surface area contributed by atoms with Crippen molar-refractivity contribution in [2.75, 3.05) is 0 Å². The normalized spacial score (nSPS) is 11.7. The maximum Gasteiger partial charge on any atom is 0.265 e. The average Bonchev–Trinajstić information content (AvgIpc) is 2.79. The number of benzene rings is 2. The van der Waals surface area contributed by atoms with Crippen molar-refractivity contribution in [2.24, 2.45) is 7.05 Å². The third-order valence-electron chi connectivity index (χ3n) is 4.42. The van der Waals surface area contributed by atoms with Crippen molar-refractivity contribution in [3.63, 3.8) is 0 Å². The predicted molar refractivity (Wildman–Crippen MR) is 98.5 cm³/mol. The standard InChI is InChI=1S/C18H17ClN2O3S/c1-11-12(2)21(3)17-9-4-13(10-16(11)17)18(22)20-25(23,24)15-7-5-14(19)6-8-15/h4-10H,1-3H3,(H,20,22). The van der Waals surface area contributed by atoms with Crippen LogP contribution in [0.3, 0.4) is 0 Å². The summed E-state index contributed by atoms with van der Waals surface area (Å²) in [4.78, 5) is 12.4. The Labute approximate surface area is 151 Å². The molecule has 0 aliphatic carbocycles. The summed E-state index contributed by atoms with van der Waals surface area (Å²) >= 11 is 5.76. The molecule has 0 aliphatic rings. The van der Waals surface area contributed by atoms with Gasteiger partial charge in [-0.3, -0.25) is 4.79 Å². The number of aryl methyl sites for hydroxylation is 2. The number of nitrogens with one attached hydrogen (secondary N) is 1. The van der Waals surface area contributed by atoms with E-state index in [1.165, 1.54) is 24.3 Å². The molecular weight excluding hydrogens is 360 g/mol. The van der Waals surface area contributed by atoms with Crippen LogP contribution in [0, 0.1) is 13.8 Å². The number of carbonyl (C=O) groups excluding carboxylic acids is 1. The van der Waals surface area contributed by atoms with Gasteiger partial charge in [-0.2, -0.15) is 0 Å². The van der Waals surface area contributed by atoms with E-state index in [1.807, 2.05) is 31.5 Å². The Bertz CT molecular complexity index is 1080. The monoisotopic (exact) mass is 376 g/mol. The molecule has 0 fully saturated rings. The van der Waals surface area contributed by atoms with Gasteiger partial charge < -0.3 is 4.57 Å². The number of nitrogens with zero attached hydrogens (tertiary/aromatic N) is 1. The van der Waals surface area contributed by atoms with Crippen molar-refractivity contribution in [2.45, 2.75) is 18.7 Å². The van der Waals surface area contributed by atoms with E-state index in [9.17, 15) is 13.2 Å². The fourth-order valence-corrected chi connectivity index (χ4v) is 3.85. The van der Waals surface area contributed by atoms with E-state index < -0.39 is 15.9 Å². The molecule has 3 aromatic rings. The van der Waals surface area contributed by atoms with Crippen molar-refractivity contribution >= 4 is 38.4 Å². The number of aromatic nitrogens is 1. The summed E-state index contributed by atoms with van der Waals surface area (Å²) in [6.07, 6.45) is 0. The Morgan fingerprint density at radius 1 is 1.08 bits per heavy atom. The SMILES string of the molecule is Cc1c(C)n(C)c2ccc(C(=O)NS(=O)(=O)c3ccc(Cl)cc3)cc12. The molecule has 1 N–H and O–H groups in total. The van der Waals surface area contributed by atoms with Crippen LogP contribution in [-0.2, 0) is 17.1 Å². The fraction of sp³-hybridized carbons (Fsp3) is 0.167. The first-order valence-corrected chi connectivity index (χ1v) is 9.45. The van der Waals surface area contributed by atoms with E-state index in [1.54, 1.807) is 12.1 Å². The number of carbonyl (C=O) groups is 1. The number of rotatable bonds is 3. The molecule has 0 saturated carbocycles. The van der Waals surface area contributed by atoms with Gasteiger partial charge in [0.15, 0.2) is 0 Å². The van der Waals surface area contributed by atoms with E-state index in [2.05, 4.69) is 4.72 Å². The number of halogens is 1. The summed E-state index contributed by atoms with van der Waals surface area (Å²) < 4.78 is 28.8. The van der Waals surface area contributed by atoms with Gasteiger partial charge >= 0.3 is 0 Å². The minimum atomic E-state index is -3.95. The van der Waals surface area contributed by atoms with E-state index in [-0.39, 0.29) is 4.90 Å². The van der Waals surface area contributed by atoms with Crippen LogP contribution in [0.15, 0.2) is 47.4 Å². The maximum atomic E-state index is 12.4. The highest BCUT2D eigenvalue weighted by Crippen LogP contribution is 2.25. The van der Waals surface area contributed by atoms with Crippen LogP contribution in [0.1, 0.15) is 21.6 Å². The lowest BCUT2D eigenvalue weighted by Crippen LogP contribution is -2.30. The van der Waals surface area contributed by atoms with Crippen LogP contribution in [0.4, 0.5) is 0 Å². The third kappa shape index (κ3) is 3.15. The Morgan fingerprint density at radius 2 is 1.72 bits per heavy atom. The number of fused-ring (bicyclic) bond motifs is 1. The van der Waals surface area contributed by atoms with Crippen molar-refractivity contribution < 1.29 is 13.2 Å². The lowest BCUT2D eigenvalue weighted by Gasteiger charge is -2.07. The third-order valence-corrected chi connectivity index (χ3v) is 6.02. The van der Waals surface area contributed by atoms with Gasteiger partial charge in [0, 0.05) is 34.2 Å². The summed E-state index contributed by atoms with van der Waals surface area (Å²) in [6, 6.07) is 10.8. The van der Waals surface area contributed by atoms with Gasteiger partial charge in [0.25, 0.3) is 15.9 Å². The van der Waals surface area contributed by atoms with Crippen molar-refractivity contribution in [3.05, 3.63) is 64.3 Å². The van der Waals surface area contributed by atoms with E-state index in [0.29, 0.717) is 10.6 Å². The van der Waals surface area contributed by atoms with Crippen LogP contribution >= 0.6 is 11.6 Å². The summed E-state index contributed by atoms with van der Waals surface area (Å²) in [7, 11) is -2.00. The van der Waals surface area contributed by atoms with Crippen molar-refractivity contribution in [1.29, 1.82) is 0 Å². The van der Waals surface area contributed by atoms with Crippen molar-refractivity contribution in [1.82, 2.24) is 9.29 Å². The molecular formula is C18H17ClN2O3S. The fourth-order valence-electron chi connectivity index (χ4n) is 2.75. The lowest BCUT2D eigenvalue weighted by molar-refractivity contribution is 0.0981. The lowest BCUT2D eigenvalue weighted by atomic mass is 10.1. The second-order valence-electron chi connectivity index (χ2n) is 5.89. The molecule has 1 aromatic heterocycles. The molecule has 0 bridgehead atoms. The van der Waals surface area contributed by atoms with Gasteiger partial charge in [-0.15, -0.1) is 0 Å². The molecule has 3 rings (SSSR count). The first-order valence-electron chi connectivity index (χ1n) is 7.59. The first-order chi connectivity index (χ1) is 11.7. The van der Waals surface area contributed by atoms with Crippen LogP contribution in [0.2, 0.25) is 5.02 Å². The highest BCUT2D eigenvalue weighted by atomic mass is 35.5. The molecule has 5 nitrogen and oxygen atoms in total. The molecule has 0 spiro atoms. The highest BCUT2D eigenvalue weighted by Gasteiger charge is 2.19. The molecule has 0 unspecified atom stereocenters. The second kappa shape index (κ2) is 6.20. The molecule has 25 heavy (non-hydrogen) atoms. The molecule has 130 valence electrons. The molecule has 0 saturated heterocycles. The average molecular weight is 377 g/mol. The molecule has 0 atom stereocenters. The Balaban J connectivity index is 1.94. The van der Waals surface area contributed by atoms with Crippen molar-refractivity contribution in [3.8, 4) is 0 Å². The van der Waals surface area contributed by atoms with E-state index >= 15 is 0 Å². The number of sulfonamides is 1. The van der Waals surface area contributed by atoms with Gasteiger partial charge in [0.2, 0.25) is 0 Å². The Kier molecular flexibility index (Phi) is 4.34. The molecule has 7 heteroatoms. The maximum absolute atomic E-state index is 12.4. The molecule has 2 aromatic carbocycles. The van der Waals surface area contributed by atoms with E-state index in [4.69, 9.17) is 11.6 Å². The number of amides is 1. The molecule has 1 heterocycles. The van der Waals surface area contributed by atoms with Crippen LogP contribution in [0.25, 0.3) is 10.9 Å². The number of hydrogen-bond donors (Lipinski definition) is 1.